The van der Waals surface area contributed by atoms with Gasteiger partial charge in [-0.3, -0.25) is 4.90 Å². The average molecular weight is 463 g/mol. The van der Waals surface area contributed by atoms with Crippen LogP contribution in [0.3, 0.4) is 0 Å². The summed E-state index contributed by atoms with van der Waals surface area (Å²) in [5.74, 6) is 1.48. The summed E-state index contributed by atoms with van der Waals surface area (Å²) in [6.45, 7) is 11.6. The number of aromatic nitrogens is 1. The third-order valence-corrected chi connectivity index (χ3v) is 3.68. The van der Waals surface area contributed by atoms with Gasteiger partial charge in [0.1, 0.15) is 0 Å². The number of rotatable bonds is 8. The Bertz CT molecular complexity index is 510. The summed E-state index contributed by atoms with van der Waals surface area (Å²) in [5.41, 5.74) is 1.08. The second-order valence-electron chi connectivity index (χ2n) is 5.51. The van der Waals surface area contributed by atoms with Crippen molar-refractivity contribution >= 4 is 29.9 Å². The molecule has 1 aromatic heterocycles. The van der Waals surface area contributed by atoms with Gasteiger partial charge in [-0.25, -0.2) is 9.98 Å². The van der Waals surface area contributed by atoms with Crippen molar-refractivity contribution in [2.75, 3.05) is 52.5 Å². The van der Waals surface area contributed by atoms with Crippen molar-refractivity contribution in [2.24, 2.45) is 4.99 Å². The van der Waals surface area contributed by atoms with Crippen LogP contribution in [0.5, 0.6) is 5.88 Å². The molecule has 8 heteroatoms. The fourth-order valence-corrected chi connectivity index (χ4v) is 2.44. The number of halogens is 1. The molecule has 7 nitrogen and oxygen atoms in total. The zero-order chi connectivity index (χ0) is 17.0. The van der Waals surface area contributed by atoms with Gasteiger partial charge in [0.25, 0.3) is 0 Å². The highest BCUT2D eigenvalue weighted by atomic mass is 127. The van der Waals surface area contributed by atoms with Crippen molar-refractivity contribution in [3.05, 3.63) is 23.9 Å². The van der Waals surface area contributed by atoms with E-state index in [1.54, 1.807) is 6.20 Å². The molecular weight excluding hydrogens is 433 g/mol. The Kier molecular flexibility index (Phi) is 11.5. The zero-order valence-electron chi connectivity index (χ0n) is 15.2. The van der Waals surface area contributed by atoms with Gasteiger partial charge >= 0.3 is 0 Å². The molecule has 0 bridgehead atoms. The molecule has 0 saturated carbocycles. The molecule has 1 saturated heterocycles. The highest BCUT2D eigenvalue weighted by Crippen LogP contribution is 2.10. The van der Waals surface area contributed by atoms with Crippen LogP contribution in [0.4, 0.5) is 0 Å². The standard InChI is InChI=1S/C17H29N5O2.HI/c1-3-18-17(20-7-8-22-9-11-23-12-10-22)21-14-15-5-6-19-16(13-15)24-4-2;/h5-6,13H,3-4,7-12,14H2,1-2H3,(H2,18,20,21);1H. The molecule has 0 radical (unpaired) electrons. The van der Waals surface area contributed by atoms with Gasteiger partial charge in [-0.15, -0.1) is 24.0 Å². The average Bonchev–Trinajstić information content (AvgIpc) is 2.61. The van der Waals surface area contributed by atoms with Gasteiger partial charge in [0.2, 0.25) is 5.88 Å². The molecule has 142 valence electrons. The molecule has 2 rings (SSSR count). The fraction of sp³-hybridized carbons (Fsp3) is 0.647. The molecule has 0 spiro atoms. The summed E-state index contributed by atoms with van der Waals surface area (Å²) in [5, 5.41) is 6.67. The second kappa shape index (κ2) is 13.1. The van der Waals surface area contributed by atoms with E-state index in [4.69, 9.17) is 9.47 Å². The minimum absolute atomic E-state index is 0. The van der Waals surface area contributed by atoms with Gasteiger partial charge in [0.05, 0.1) is 26.4 Å². The maximum Gasteiger partial charge on any atom is 0.213 e. The largest absolute Gasteiger partial charge is 0.478 e. The van der Waals surface area contributed by atoms with Crippen LogP contribution < -0.4 is 15.4 Å². The van der Waals surface area contributed by atoms with Crippen molar-refractivity contribution in [3.63, 3.8) is 0 Å². The third-order valence-electron chi connectivity index (χ3n) is 3.68. The van der Waals surface area contributed by atoms with Gasteiger partial charge in [-0.1, -0.05) is 0 Å². The monoisotopic (exact) mass is 463 g/mol. The number of pyridine rings is 1. The smallest absolute Gasteiger partial charge is 0.213 e. The molecular formula is C17H30IN5O2. The predicted octanol–water partition coefficient (Wildman–Crippen LogP) is 1.49. The van der Waals surface area contributed by atoms with Gasteiger partial charge in [-0.05, 0) is 25.5 Å². The van der Waals surface area contributed by atoms with E-state index >= 15 is 0 Å². The number of aliphatic imine (C=N–C) groups is 1. The molecule has 1 aromatic rings. The Morgan fingerprint density at radius 3 is 2.84 bits per heavy atom. The molecule has 1 fully saturated rings. The van der Waals surface area contributed by atoms with Crippen molar-refractivity contribution < 1.29 is 9.47 Å². The Balaban J connectivity index is 0.00000312. The lowest BCUT2D eigenvalue weighted by Gasteiger charge is -2.26. The number of nitrogens with zero attached hydrogens (tertiary/aromatic N) is 3. The number of nitrogens with one attached hydrogen (secondary N) is 2. The lowest BCUT2D eigenvalue weighted by atomic mass is 10.3. The topological polar surface area (TPSA) is 71.0 Å². The van der Waals surface area contributed by atoms with E-state index in [0.717, 1.165) is 57.5 Å². The maximum absolute atomic E-state index is 5.43. The minimum Gasteiger partial charge on any atom is -0.478 e. The highest BCUT2D eigenvalue weighted by molar-refractivity contribution is 14.0. The number of guanidine groups is 1. The number of hydrogen-bond acceptors (Lipinski definition) is 5. The minimum atomic E-state index is 0. The van der Waals surface area contributed by atoms with Gasteiger partial charge in [-0.2, -0.15) is 0 Å². The Labute approximate surface area is 167 Å². The third kappa shape index (κ3) is 8.68. The van der Waals surface area contributed by atoms with Crippen LogP contribution >= 0.6 is 24.0 Å². The lowest BCUT2D eigenvalue weighted by molar-refractivity contribution is 0.0389. The lowest BCUT2D eigenvalue weighted by Crippen LogP contribution is -2.44. The molecule has 1 aliphatic rings. The van der Waals surface area contributed by atoms with Crippen molar-refractivity contribution in [2.45, 2.75) is 20.4 Å². The number of ether oxygens (including phenoxy) is 2. The number of hydrogen-bond donors (Lipinski definition) is 2. The predicted molar refractivity (Wildman–Crippen MR) is 111 cm³/mol. The summed E-state index contributed by atoms with van der Waals surface area (Å²) in [6, 6.07) is 3.90. The van der Waals surface area contributed by atoms with Crippen molar-refractivity contribution in [3.8, 4) is 5.88 Å². The molecule has 0 amide bonds. The Hall–Kier alpha value is -1.13. The molecule has 0 aromatic carbocycles. The Morgan fingerprint density at radius 2 is 2.12 bits per heavy atom. The fourth-order valence-electron chi connectivity index (χ4n) is 2.44. The normalized spacial score (nSPS) is 15.4. The first kappa shape index (κ1) is 21.9. The molecule has 2 heterocycles. The van der Waals surface area contributed by atoms with Crippen LogP contribution in [0.2, 0.25) is 0 Å². The van der Waals surface area contributed by atoms with Crippen molar-refractivity contribution in [1.29, 1.82) is 0 Å². The van der Waals surface area contributed by atoms with E-state index in [2.05, 4.69) is 32.4 Å². The SMILES string of the molecule is CCNC(=NCc1ccnc(OCC)c1)NCCN1CCOCC1.I. The van der Waals surface area contributed by atoms with E-state index in [-0.39, 0.29) is 24.0 Å². The molecule has 25 heavy (non-hydrogen) atoms. The van der Waals surface area contributed by atoms with Crippen LogP contribution in [-0.2, 0) is 11.3 Å². The van der Waals surface area contributed by atoms with E-state index in [1.165, 1.54) is 0 Å². The molecule has 0 aliphatic carbocycles. The first-order valence-electron chi connectivity index (χ1n) is 8.71. The summed E-state index contributed by atoms with van der Waals surface area (Å²) in [4.78, 5) is 11.2. The van der Waals surface area contributed by atoms with E-state index in [0.29, 0.717) is 19.0 Å². The van der Waals surface area contributed by atoms with E-state index in [1.807, 2.05) is 19.1 Å². The quantitative estimate of drug-likeness (QED) is 0.346. The van der Waals surface area contributed by atoms with Crippen LogP contribution in [0, 0.1) is 0 Å². The van der Waals surface area contributed by atoms with Gasteiger partial charge in [0.15, 0.2) is 5.96 Å². The highest BCUT2D eigenvalue weighted by Gasteiger charge is 2.09. The second-order valence-corrected chi connectivity index (χ2v) is 5.51. The summed E-state index contributed by atoms with van der Waals surface area (Å²) < 4.78 is 10.8. The Morgan fingerprint density at radius 1 is 1.32 bits per heavy atom. The van der Waals surface area contributed by atoms with Crippen LogP contribution in [0.1, 0.15) is 19.4 Å². The van der Waals surface area contributed by atoms with Crippen LogP contribution in [-0.4, -0.2) is 68.4 Å². The first-order valence-corrected chi connectivity index (χ1v) is 8.71. The van der Waals surface area contributed by atoms with Gasteiger partial charge in [0, 0.05) is 45.0 Å². The maximum atomic E-state index is 5.43. The summed E-state index contributed by atoms with van der Waals surface area (Å²) in [7, 11) is 0. The summed E-state index contributed by atoms with van der Waals surface area (Å²) in [6.07, 6.45) is 1.76. The van der Waals surface area contributed by atoms with Crippen LogP contribution in [0.25, 0.3) is 0 Å². The first-order chi connectivity index (χ1) is 11.8. The van der Waals surface area contributed by atoms with Gasteiger partial charge < -0.3 is 20.1 Å². The van der Waals surface area contributed by atoms with E-state index in [9.17, 15) is 0 Å². The summed E-state index contributed by atoms with van der Waals surface area (Å²) >= 11 is 0. The van der Waals surface area contributed by atoms with E-state index < -0.39 is 0 Å². The van der Waals surface area contributed by atoms with Crippen LogP contribution in [0.15, 0.2) is 23.3 Å². The molecule has 2 N–H and O–H groups in total. The molecule has 1 aliphatic heterocycles. The zero-order valence-corrected chi connectivity index (χ0v) is 17.5. The number of morpholine rings is 1. The van der Waals surface area contributed by atoms with Crippen molar-refractivity contribution in [1.82, 2.24) is 20.5 Å². The molecule has 0 unspecified atom stereocenters. The molecule has 0 atom stereocenters.